The third-order valence-corrected chi connectivity index (χ3v) is 8.95. The molecule has 3 nitrogen and oxygen atoms in total. The average Bonchev–Trinajstić information content (AvgIpc) is 3.49. The summed E-state index contributed by atoms with van der Waals surface area (Å²) in [6, 6.07) is 56.3. The summed E-state index contributed by atoms with van der Waals surface area (Å²) in [5.41, 5.74) is 9.66. The van der Waals surface area contributed by atoms with Crippen molar-refractivity contribution >= 4 is 60.5 Å². The fourth-order valence-electron chi connectivity index (χ4n) is 6.79. The highest BCUT2D eigenvalue weighted by Crippen LogP contribution is 2.45. The number of para-hydroxylation sites is 1. The van der Waals surface area contributed by atoms with Crippen molar-refractivity contribution in [2.24, 2.45) is 0 Å². The second-order valence-electron chi connectivity index (χ2n) is 11.6. The van der Waals surface area contributed by atoms with E-state index in [4.69, 9.17) is 4.42 Å². The fourth-order valence-corrected chi connectivity index (χ4v) is 6.79. The predicted octanol–water partition coefficient (Wildman–Crippen LogP) is 12.1. The predicted molar refractivity (Wildman–Crippen MR) is 192 cm³/mol. The van der Waals surface area contributed by atoms with Crippen LogP contribution in [0, 0.1) is 0 Å². The number of benzene rings is 7. The molecule has 0 fully saturated rings. The zero-order valence-electron chi connectivity index (χ0n) is 25.0. The van der Waals surface area contributed by atoms with Crippen LogP contribution >= 0.6 is 0 Å². The van der Waals surface area contributed by atoms with E-state index in [0.29, 0.717) is 0 Å². The van der Waals surface area contributed by atoms with Gasteiger partial charge in [0.05, 0.1) is 17.6 Å². The van der Waals surface area contributed by atoms with Crippen LogP contribution in [0.4, 0.5) is 17.1 Å². The number of furan rings is 1. The number of fused-ring (bicyclic) bond motifs is 5. The summed E-state index contributed by atoms with van der Waals surface area (Å²) in [5.74, 6) is 0. The number of hydrogen-bond donors (Lipinski definition) is 0. The monoisotopic (exact) mass is 588 g/mol. The third-order valence-electron chi connectivity index (χ3n) is 8.95. The first-order valence-corrected chi connectivity index (χ1v) is 15.5. The zero-order valence-corrected chi connectivity index (χ0v) is 25.0. The van der Waals surface area contributed by atoms with E-state index in [2.05, 4.69) is 162 Å². The molecule has 0 saturated carbocycles. The summed E-state index contributed by atoms with van der Waals surface area (Å²) in [4.78, 5) is 6.67. The standard InChI is InChI=1S/C43H28N2O/c1-2-10-30(11-3-1)36-16-6-7-18-40(36)45(33-22-20-31(21-23-33)35-17-8-13-29-12-4-5-15-34(29)35)41-19-9-14-32-26-39-37-24-25-44-28-43(37)46-42(39)27-38(32)41/h1-28H. The Kier molecular flexibility index (Phi) is 6.14. The number of nitrogens with zero attached hydrogens (tertiary/aromatic N) is 2. The highest BCUT2D eigenvalue weighted by Gasteiger charge is 2.20. The maximum absolute atomic E-state index is 6.32. The van der Waals surface area contributed by atoms with Gasteiger partial charge in [0.15, 0.2) is 5.58 Å². The van der Waals surface area contributed by atoms with Crippen LogP contribution in [0.3, 0.4) is 0 Å². The molecule has 0 aliphatic heterocycles. The van der Waals surface area contributed by atoms with Crippen molar-refractivity contribution < 1.29 is 4.42 Å². The third kappa shape index (κ3) is 4.33. The van der Waals surface area contributed by atoms with Crippen LogP contribution in [-0.4, -0.2) is 4.98 Å². The van der Waals surface area contributed by atoms with Crippen LogP contribution in [0.5, 0.6) is 0 Å². The largest absolute Gasteiger partial charge is 0.454 e. The number of hydrogen-bond acceptors (Lipinski definition) is 3. The van der Waals surface area contributed by atoms with Gasteiger partial charge < -0.3 is 9.32 Å². The zero-order chi connectivity index (χ0) is 30.5. The molecule has 216 valence electrons. The van der Waals surface area contributed by atoms with Crippen molar-refractivity contribution in [3.63, 3.8) is 0 Å². The van der Waals surface area contributed by atoms with E-state index in [-0.39, 0.29) is 0 Å². The topological polar surface area (TPSA) is 29.3 Å². The Morgan fingerprint density at radius 3 is 2.04 bits per heavy atom. The van der Waals surface area contributed by atoms with Crippen molar-refractivity contribution in [2.45, 2.75) is 0 Å². The first-order valence-electron chi connectivity index (χ1n) is 15.5. The van der Waals surface area contributed by atoms with Gasteiger partial charge in [-0.25, -0.2) is 0 Å². The van der Waals surface area contributed by atoms with Gasteiger partial charge in [0, 0.05) is 33.6 Å². The summed E-state index contributed by atoms with van der Waals surface area (Å²) in [6.45, 7) is 0. The molecule has 9 rings (SSSR count). The van der Waals surface area contributed by atoms with Crippen LogP contribution in [-0.2, 0) is 0 Å². The lowest BCUT2D eigenvalue weighted by Crippen LogP contribution is -2.11. The van der Waals surface area contributed by atoms with E-state index < -0.39 is 0 Å². The summed E-state index contributed by atoms with van der Waals surface area (Å²) in [7, 11) is 0. The Balaban J connectivity index is 1.27. The van der Waals surface area contributed by atoms with Crippen molar-refractivity contribution in [2.75, 3.05) is 4.90 Å². The Labute approximate surface area is 266 Å². The summed E-state index contributed by atoms with van der Waals surface area (Å²) < 4.78 is 6.32. The molecule has 46 heavy (non-hydrogen) atoms. The number of anilines is 3. The van der Waals surface area contributed by atoms with Crippen molar-refractivity contribution in [1.82, 2.24) is 4.98 Å². The molecule has 0 unspecified atom stereocenters. The quantitative estimate of drug-likeness (QED) is 0.200. The molecule has 2 aromatic heterocycles. The van der Waals surface area contributed by atoms with Gasteiger partial charge >= 0.3 is 0 Å². The minimum Gasteiger partial charge on any atom is -0.454 e. The molecule has 0 N–H and O–H groups in total. The summed E-state index contributed by atoms with van der Waals surface area (Å²) in [5, 5.41) is 6.93. The van der Waals surface area contributed by atoms with Gasteiger partial charge in [0.1, 0.15) is 5.58 Å². The molecule has 0 spiro atoms. The average molecular weight is 589 g/mol. The molecule has 3 heteroatoms. The Morgan fingerprint density at radius 1 is 0.435 bits per heavy atom. The van der Waals surface area contributed by atoms with E-state index in [1.807, 2.05) is 12.3 Å². The number of aromatic nitrogens is 1. The van der Waals surface area contributed by atoms with Gasteiger partial charge in [0.25, 0.3) is 0 Å². The minimum atomic E-state index is 0.796. The van der Waals surface area contributed by atoms with Gasteiger partial charge in [-0.3, -0.25) is 4.98 Å². The normalized spacial score (nSPS) is 11.5. The van der Waals surface area contributed by atoms with E-state index >= 15 is 0 Å². The van der Waals surface area contributed by atoms with Gasteiger partial charge in [0.2, 0.25) is 0 Å². The van der Waals surface area contributed by atoms with Gasteiger partial charge in [-0.1, -0.05) is 115 Å². The van der Waals surface area contributed by atoms with Crippen LogP contribution in [0.25, 0.3) is 65.7 Å². The first-order chi connectivity index (χ1) is 22.8. The molecule has 0 amide bonds. The van der Waals surface area contributed by atoms with E-state index in [1.54, 1.807) is 6.20 Å². The molecular formula is C43H28N2O. The maximum Gasteiger partial charge on any atom is 0.153 e. The Bertz CT molecular complexity index is 2530. The van der Waals surface area contributed by atoms with Crippen molar-refractivity contribution in [3.8, 4) is 22.3 Å². The fraction of sp³-hybridized carbons (Fsp3) is 0. The van der Waals surface area contributed by atoms with Crippen LogP contribution < -0.4 is 4.90 Å². The van der Waals surface area contributed by atoms with Crippen LogP contribution in [0.2, 0.25) is 0 Å². The number of rotatable bonds is 5. The Hall–Kier alpha value is -6.19. The minimum absolute atomic E-state index is 0.796. The van der Waals surface area contributed by atoms with Gasteiger partial charge in [-0.05, 0) is 75.3 Å². The first kappa shape index (κ1) is 26.2. The lowest BCUT2D eigenvalue weighted by atomic mass is 9.97. The van der Waals surface area contributed by atoms with E-state index in [9.17, 15) is 0 Å². The summed E-state index contributed by atoms with van der Waals surface area (Å²) >= 11 is 0. The molecule has 0 atom stereocenters. The lowest BCUT2D eigenvalue weighted by molar-refractivity contribution is 0.667. The SMILES string of the molecule is c1ccc(-c2ccccc2N(c2ccc(-c3cccc4ccccc34)cc2)c2cccc3cc4c(cc23)oc2cnccc24)cc1. The van der Waals surface area contributed by atoms with Gasteiger partial charge in [-0.2, -0.15) is 0 Å². The summed E-state index contributed by atoms with van der Waals surface area (Å²) in [6.07, 6.45) is 3.61. The second-order valence-corrected chi connectivity index (χ2v) is 11.6. The maximum atomic E-state index is 6.32. The molecule has 0 radical (unpaired) electrons. The van der Waals surface area contributed by atoms with Gasteiger partial charge in [-0.15, -0.1) is 0 Å². The van der Waals surface area contributed by atoms with Crippen molar-refractivity contribution in [1.29, 1.82) is 0 Å². The van der Waals surface area contributed by atoms with E-state index in [1.165, 1.54) is 27.5 Å². The second kappa shape index (κ2) is 10.8. The smallest absolute Gasteiger partial charge is 0.153 e. The Morgan fingerprint density at radius 2 is 1.13 bits per heavy atom. The van der Waals surface area contributed by atoms with Crippen LogP contribution in [0.1, 0.15) is 0 Å². The molecule has 9 aromatic rings. The molecule has 0 aliphatic rings. The van der Waals surface area contributed by atoms with E-state index in [0.717, 1.165) is 55.3 Å². The molecule has 0 bridgehead atoms. The molecule has 2 heterocycles. The van der Waals surface area contributed by atoms with Crippen LogP contribution in [0.15, 0.2) is 175 Å². The lowest BCUT2D eigenvalue weighted by Gasteiger charge is -2.29. The molecule has 0 saturated heterocycles. The highest BCUT2D eigenvalue weighted by molar-refractivity contribution is 6.13. The highest BCUT2D eigenvalue weighted by atomic mass is 16.3. The molecular weight excluding hydrogens is 560 g/mol. The number of pyridine rings is 1. The van der Waals surface area contributed by atoms with Crippen molar-refractivity contribution in [3.05, 3.63) is 170 Å². The molecule has 7 aromatic carbocycles. The molecule has 0 aliphatic carbocycles.